The molecule has 0 unspecified atom stereocenters. The Hall–Kier alpha value is -3.35. The van der Waals surface area contributed by atoms with Crippen LogP contribution in [0.2, 0.25) is 0 Å². The summed E-state index contributed by atoms with van der Waals surface area (Å²) in [7, 11) is 1.93. The molecule has 2 heterocycles. The van der Waals surface area contributed by atoms with Crippen LogP contribution in [0, 0.1) is 6.92 Å². The van der Waals surface area contributed by atoms with Crippen LogP contribution in [0.25, 0.3) is 11.0 Å². The van der Waals surface area contributed by atoms with E-state index in [0.717, 1.165) is 33.7 Å². The van der Waals surface area contributed by atoms with Gasteiger partial charge in [0, 0.05) is 12.7 Å². The first-order chi connectivity index (χ1) is 13.0. The smallest absolute Gasteiger partial charge is 0.318 e. The molecule has 1 aromatic heterocycles. The first-order valence-electron chi connectivity index (χ1n) is 8.84. The molecule has 27 heavy (non-hydrogen) atoms. The molecule has 2 aromatic carbocycles. The van der Waals surface area contributed by atoms with E-state index >= 15 is 0 Å². The zero-order chi connectivity index (χ0) is 19.0. The topological polar surface area (TPSA) is 79.3 Å². The Morgan fingerprint density at radius 1 is 1.22 bits per heavy atom. The van der Waals surface area contributed by atoms with Crippen LogP contribution in [0.4, 0.5) is 10.5 Å². The second-order valence-electron chi connectivity index (χ2n) is 6.80. The van der Waals surface area contributed by atoms with E-state index in [2.05, 4.69) is 15.6 Å². The van der Waals surface area contributed by atoms with Gasteiger partial charge in [-0.1, -0.05) is 24.3 Å². The molecule has 138 valence electrons. The molecule has 0 radical (unpaired) electrons. The molecule has 2 N–H and O–H groups in total. The molecule has 7 nitrogen and oxygen atoms in total. The van der Waals surface area contributed by atoms with E-state index in [0.29, 0.717) is 13.1 Å². The quantitative estimate of drug-likeness (QED) is 0.734. The number of nitrogens with one attached hydrogen (secondary N) is 2. The molecule has 0 saturated heterocycles. The number of hydrogen-bond acceptors (Lipinski definition) is 3. The SMILES string of the molecule is Cc1ccc2c(c1)nc(CNC(=O)N1CC(=O)Nc3ccccc3C1)n2C. The van der Waals surface area contributed by atoms with Crippen molar-refractivity contribution >= 4 is 28.7 Å². The van der Waals surface area contributed by atoms with Gasteiger partial charge in [-0.25, -0.2) is 9.78 Å². The molecule has 4 rings (SSSR count). The van der Waals surface area contributed by atoms with Gasteiger partial charge >= 0.3 is 6.03 Å². The minimum absolute atomic E-state index is 0.0161. The van der Waals surface area contributed by atoms with Crippen molar-refractivity contribution in [1.29, 1.82) is 0 Å². The van der Waals surface area contributed by atoms with Crippen molar-refractivity contribution in [2.75, 3.05) is 11.9 Å². The molecule has 3 amide bonds. The van der Waals surface area contributed by atoms with Crippen molar-refractivity contribution in [3.63, 3.8) is 0 Å². The van der Waals surface area contributed by atoms with E-state index in [9.17, 15) is 9.59 Å². The normalized spacial score (nSPS) is 13.9. The average Bonchev–Trinajstić information content (AvgIpc) is 2.84. The van der Waals surface area contributed by atoms with Gasteiger partial charge in [-0.05, 0) is 36.2 Å². The number of nitrogens with zero attached hydrogens (tertiary/aromatic N) is 3. The van der Waals surface area contributed by atoms with Gasteiger partial charge in [-0.15, -0.1) is 0 Å². The molecule has 0 saturated carbocycles. The Balaban J connectivity index is 1.49. The van der Waals surface area contributed by atoms with Crippen molar-refractivity contribution in [3.05, 3.63) is 59.4 Å². The van der Waals surface area contributed by atoms with Crippen molar-refractivity contribution in [2.24, 2.45) is 7.05 Å². The highest BCUT2D eigenvalue weighted by Gasteiger charge is 2.23. The number of amides is 3. The molecular formula is C20H21N5O2. The van der Waals surface area contributed by atoms with Crippen LogP contribution in [0.1, 0.15) is 17.0 Å². The minimum atomic E-state index is -0.287. The highest BCUT2D eigenvalue weighted by molar-refractivity contribution is 5.96. The van der Waals surface area contributed by atoms with E-state index < -0.39 is 0 Å². The Kier molecular flexibility index (Phi) is 4.27. The van der Waals surface area contributed by atoms with E-state index in [1.807, 2.05) is 61.0 Å². The van der Waals surface area contributed by atoms with Crippen molar-refractivity contribution < 1.29 is 9.59 Å². The van der Waals surface area contributed by atoms with Crippen LogP contribution in [-0.4, -0.2) is 32.9 Å². The van der Waals surface area contributed by atoms with Crippen LogP contribution in [0.5, 0.6) is 0 Å². The number of hydrogen-bond donors (Lipinski definition) is 2. The van der Waals surface area contributed by atoms with Crippen LogP contribution < -0.4 is 10.6 Å². The highest BCUT2D eigenvalue weighted by Crippen LogP contribution is 2.20. The third kappa shape index (κ3) is 3.36. The summed E-state index contributed by atoms with van der Waals surface area (Å²) in [4.78, 5) is 30.9. The number of fused-ring (bicyclic) bond motifs is 2. The van der Waals surface area contributed by atoms with Crippen LogP contribution in [0.3, 0.4) is 0 Å². The summed E-state index contributed by atoms with van der Waals surface area (Å²) in [5.41, 5.74) is 4.74. The number of aryl methyl sites for hydroxylation is 2. The van der Waals surface area contributed by atoms with Crippen molar-refractivity contribution in [3.8, 4) is 0 Å². The van der Waals surface area contributed by atoms with Gasteiger partial charge in [0.05, 0.1) is 24.1 Å². The van der Waals surface area contributed by atoms with Crippen molar-refractivity contribution in [2.45, 2.75) is 20.0 Å². The molecule has 0 aliphatic carbocycles. The van der Waals surface area contributed by atoms with Gasteiger partial charge < -0.3 is 20.1 Å². The summed E-state index contributed by atoms with van der Waals surface area (Å²) >= 11 is 0. The lowest BCUT2D eigenvalue weighted by Crippen LogP contribution is -2.42. The third-order valence-electron chi connectivity index (χ3n) is 4.80. The molecule has 1 aliphatic heterocycles. The van der Waals surface area contributed by atoms with Crippen LogP contribution >= 0.6 is 0 Å². The molecule has 3 aromatic rings. The average molecular weight is 363 g/mol. The lowest BCUT2D eigenvalue weighted by Gasteiger charge is -2.20. The molecular weight excluding hydrogens is 342 g/mol. The zero-order valence-corrected chi connectivity index (χ0v) is 15.3. The van der Waals surface area contributed by atoms with Gasteiger partial charge in [-0.3, -0.25) is 4.79 Å². The number of rotatable bonds is 2. The van der Waals surface area contributed by atoms with Crippen molar-refractivity contribution in [1.82, 2.24) is 19.8 Å². The Morgan fingerprint density at radius 2 is 2.04 bits per heavy atom. The summed E-state index contributed by atoms with van der Waals surface area (Å²) in [5, 5.41) is 5.72. The fraction of sp³-hybridized carbons (Fsp3) is 0.250. The van der Waals surface area contributed by atoms with Gasteiger partial charge in [-0.2, -0.15) is 0 Å². The standard InChI is InChI=1S/C20H21N5O2/c1-13-7-8-17-16(9-13)22-18(24(17)2)10-21-20(27)25-11-14-5-3-4-6-15(14)23-19(26)12-25/h3-9H,10-12H2,1-2H3,(H,21,27)(H,23,26). The van der Waals surface area contributed by atoms with Crippen LogP contribution in [-0.2, 0) is 24.9 Å². The number of imidazole rings is 1. The van der Waals surface area contributed by atoms with Gasteiger partial charge in [0.2, 0.25) is 5.91 Å². The number of anilines is 1. The summed E-state index contributed by atoms with van der Waals surface area (Å²) in [6, 6.07) is 13.3. The maximum Gasteiger partial charge on any atom is 0.318 e. The number of para-hydroxylation sites is 1. The lowest BCUT2D eigenvalue weighted by atomic mass is 10.2. The largest absolute Gasteiger partial charge is 0.331 e. The summed E-state index contributed by atoms with van der Waals surface area (Å²) in [6.07, 6.45) is 0. The summed E-state index contributed by atoms with van der Waals surface area (Å²) in [6.45, 7) is 2.71. The number of carbonyl (C=O) groups is 2. The zero-order valence-electron chi connectivity index (χ0n) is 15.3. The molecule has 7 heteroatoms. The third-order valence-corrected chi connectivity index (χ3v) is 4.80. The number of aromatic nitrogens is 2. The molecule has 0 fully saturated rings. The fourth-order valence-electron chi connectivity index (χ4n) is 3.33. The molecule has 1 aliphatic rings. The monoisotopic (exact) mass is 363 g/mol. The summed E-state index contributed by atoms with van der Waals surface area (Å²) < 4.78 is 1.97. The second kappa shape index (κ2) is 6.75. The van der Waals surface area contributed by atoms with E-state index in [1.165, 1.54) is 4.90 Å². The van der Waals surface area contributed by atoms with E-state index in [1.54, 1.807) is 0 Å². The summed E-state index contributed by atoms with van der Waals surface area (Å²) in [5.74, 6) is 0.567. The predicted octanol–water partition coefficient (Wildman–Crippen LogP) is 2.55. The maximum atomic E-state index is 12.7. The Morgan fingerprint density at radius 3 is 2.89 bits per heavy atom. The van der Waals surface area contributed by atoms with E-state index in [4.69, 9.17) is 0 Å². The predicted molar refractivity (Wildman–Crippen MR) is 103 cm³/mol. The molecule has 0 atom stereocenters. The molecule has 0 bridgehead atoms. The van der Waals surface area contributed by atoms with Gasteiger partial charge in [0.1, 0.15) is 12.4 Å². The highest BCUT2D eigenvalue weighted by atomic mass is 16.2. The molecule has 0 spiro atoms. The minimum Gasteiger partial charge on any atom is -0.331 e. The lowest BCUT2D eigenvalue weighted by molar-refractivity contribution is -0.116. The first kappa shape index (κ1) is 17.1. The first-order valence-corrected chi connectivity index (χ1v) is 8.84. The Labute approximate surface area is 157 Å². The van der Waals surface area contributed by atoms with Gasteiger partial charge in [0.15, 0.2) is 0 Å². The number of urea groups is 1. The number of carbonyl (C=O) groups excluding carboxylic acids is 2. The number of benzene rings is 2. The van der Waals surface area contributed by atoms with Gasteiger partial charge in [0.25, 0.3) is 0 Å². The Bertz CT molecular complexity index is 1040. The fourth-order valence-corrected chi connectivity index (χ4v) is 3.33. The van der Waals surface area contributed by atoms with Crippen LogP contribution in [0.15, 0.2) is 42.5 Å². The second-order valence-corrected chi connectivity index (χ2v) is 6.80. The maximum absolute atomic E-state index is 12.7. The van der Waals surface area contributed by atoms with E-state index in [-0.39, 0.29) is 18.5 Å².